The van der Waals surface area contributed by atoms with Crippen molar-refractivity contribution >= 4 is 10.9 Å². The van der Waals surface area contributed by atoms with Crippen LogP contribution in [0.25, 0.3) is 22.2 Å². The van der Waals surface area contributed by atoms with Crippen molar-refractivity contribution in [1.82, 2.24) is 20.2 Å². The van der Waals surface area contributed by atoms with Gasteiger partial charge in [0.05, 0.1) is 0 Å². The Balaban J connectivity index is 1.36. The van der Waals surface area contributed by atoms with E-state index in [1.165, 1.54) is 85.1 Å². The third-order valence-electron chi connectivity index (χ3n) is 7.17. The van der Waals surface area contributed by atoms with Crippen LogP contribution < -0.4 is 5.32 Å². The monoisotopic (exact) mass is 402 g/mol. The molecule has 30 heavy (non-hydrogen) atoms. The third kappa shape index (κ3) is 3.91. The summed E-state index contributed by atoms with van der Waals surface area (Å²) >= 11 is 0. The Bertz CT molecular complexity index is 1010. The van der Waals surface area contributed by atoms with Crippen molar-refractivity contribution in [1.29, 1.82) is 0 Å². The fourth-order valence-electron chi connectivity index (χ4n) is 5.51. The zero-order chi connectivity index (χ0) is 20.5. The highest BCUT2D eigenvalue weighted by atomic mass is 15.2. The summed E-state index contributed by atoms with van der Waals surface area (Å²) in [6.07, 6.45) is 8.20. The van der Waals surface area contributed by atoms with E-state index < -0.39 is 0 Å². The number of rotatable bonds is 5. The van der Waals surface area contributed by atoms with Crippen LogP contribution in [-0.4, -0.2) is 47.1 Å². The summed E-state index contributed by atoms with van der Waals surface area (Å²) in [6, 6.07) is 12.2. The van der Waals surface area contributed by atoms with Crippen LogP contribution in [0.4, 0.5) is 0 Å². The molecule has 0 saturated carbocycles. The number of pyridine rings is 1. The van der Waals surface area contributed by atoms with Gasteiger partial charge < -0.3 is 15.2 Å². The summed E-state index contributed by atoms with van der Waals surface area (Å²) < 4.78 is 0. The Morgan fingerprint density at radius 2 is 1.97 bits per heavy atom. The minimum absolute atomic E-state index is 0.688. The lowest BCUT2D eigenvalue weighted by atomic mass is 9.88. The first-order valence-electron chi connectivity index (χ1n) is 11.7. The van der Waals surface area contributed by atoms with Crippen molar-refractivity contribution in [3.63, 3.8) is 0 Å². The smallest absolute Gasteiger partial charge is 0.0498 e. The molecule has 4 nitrogen and oxygen atoms in total. The van der Waals surface area contributed by atoms with Crippen molar-refractivity contribution in [2.24, 2.45) is 0 Å². The second kappa shape index (κ2) is 8.52. The number of hydrogen-bond donors (Lipinski definition) is 2. The zero-order valence-electron chi connectivity index (χ0n) is 18.4. The second-order valence-electron chi connectivity index (χ2n) is 9.19. The second-order valence-corrected chi connectivity index (χ2v) is 9.19. The average Bonchev–Trinajstić information content (AvgIpc) is 3.41. The summed E-state index contributed by atoms with van der Waals surface area (Å²) in [5.41, 5.74) is 7.77. The van der Waals surface area contributed by atoms with E-state index in [0.717, 1.165) is 18.2 Å². The number of aryl methyl sites for hydroxylation is 2. The average molecular weight is 403 g/mol. The predicted octanol–water partition coefficient (Wildman–Crippen LogP) is 5.03. The number of H-pyrrole nitrogens is 1. The molecular formula is C26H34N4. The number of fused-ring (bicyclic) bond motifs is 1. The normalized spacial score (nSPS) is 20.9. The van der Waals surface area contributed by atoms with Crippen molar-refractivity contribution in [2.75, 3.05) is 26.2 Å². The zero-order valence-corrected chi connectivity index (χ0v) is 18.4. The van der Waals surface area contributed by atoms with Gasteiger partial charge in [0.2, 0.25) is 0 Å². The molecule has 0 radical (unpaired) electrons. The Labute approximate surface area is 180 Å². The van der Waals surface area contributed by atoms with Gasteiger partial charge in [-0.3, -0.25) is 4.98 Å². The lowest BCUT2D eigenvalue weighted by Gasteiger charge is -2.33. The molecule has 2 aliphatic heterocycles. The number of nitrogens with zero attached hydrogens (tertiary/aromatic N) is 2. The first-order chi connectivity index (χ1) is 14.7. The van der Waals surface area contributed by atoms with Crippen LogP contribution in [0, 0.1) is 6.92 Å². The Morgan fingerprint density at radius 3 is 2.70 bits per heavy atom. The molecule has 0 spiro atoms. The van der Waals surface area contributed by atoms with Crippen LogP contribution >= 0.6 is 0 Å². The number of aromatic amines is 1. The van der Waals surface area contributed by atoms with E-state index in [4.69, 9.17) is 0 Å². The van der Waals surface area contributed by atoms with Crippen molar-refractivity contribution in [3.8, 4) is 11.3 Å². The van der Waals surface area contributed by atoms with E-state index in [0.29, 0.717) is 5.92 Å². The van der Waals surface area contributed by atoms with Gasteiger partial charge in [-0.25, -0.2) is 0 Å². The standard InChI is InChI=1S/C26H34N4/c1-3-23-24-16-20(19-9-13-30(14-10-19)17-22-5-4-11-28-22)6-7-25(24)29-26(23)21-8-12-27-18(2)15-21/h6-8,12,15-16,19,22,28-29H,3-5,9-11,13-14,17H2,1-2H3/t22-/m0/s1. The SMILES string of the molecule is CCc1c(-c2ccnc(C)c2)[nH]c2ccc(C3CCN(C[C@@H]4CCCN4)CC3)cc12. The highest BCUT2D eigenvalue weighted by Gasteiger charge is 2.24. The number of hydrogen-bond acceptors (Lipinski definition) is 3. The summed E-state index contributed by atoms with van der Waals surface area (Å²) in [5.74, 6) is 0.688. The van der Waals surface area contributed by atoms with Gasteiger partial charge in [0, 0.05) is 46.6 Å². The molecule has 2 aliphatic rings. The quantitative estimate of drug-likeness (QED) is 0.629. The molecule has 4 heterocycles. The van der Waals surface area contributed by atoms with Crippen molar-refractivity contribution in [2.45, 2.75) is 57.9 Å². The van der Waals surface area contributed by atoms with Crippen LogP contribution in [0.3, 0.4) is 0 Å². The van der Waals surface area contributed by atoms with Crippen LogP contribution in [0.1, 0.15) is 55.3 Å². The Morgan fingerprint density at radius 1 is 1.10 bits per heavy atom. The minimum Gasteiger partial charge on any atom is -0.354 e. The van der Waals surface area contributed by atoms with Crippen LogP contribution in [-0.2, 0) is 6.42 Å². The number of benzene rings is 1. The molecule has 1 aromatic carbocycles. The topological polar surface area (TPSA) is 44.0 Å². The maximum absolute atomic E-state index is 4.37. The lowest BCUT2D eigenvalue weighted by molar-refractivity contribution is 0.196. The molecule has 2 N–H and O–H groups in total. The van der Waals surface area contributed by atoms with Gasteiger partial charge in [0.15, 0.2) is 0 Å². The molecule has 2 saturated heterocycles. The maximum atomic E-state index is 4.37. The van der Waals surface area contributed by atoms with Crippen molar-refractivity contribution in [3.05, 3.63) is 53.3 Å². The molecule has 158 valence electrons. The van der Waals surface area contributed by atoms with Gasteiger partial charge in [-0.2, -0.15) is 0 Å². The molecule has 3 aromatic rings. The van der Waals surface area contributed by atoms with Gasteiger partial charge in [0.1, 0.15) is 0 Å². The van der Waals surface area contributed by atoms with E-state index in [2.05, 4.69) is 64.4 Å². The predicted molar refractivity (Wildman–Crippen MR) is 125 cm³/mol. The van der Waals surface area contributed by atoms with E-state index in [9.17, 15) is 0 Å². The third-order valence-corrected chi connectivity index (χ3v) is 7.17. The Kier molecular flexibility index (Phi) is 5.62. The molecule has 0 amide bonds. The van der Waals surface area contributed by atoms with Gasteiger partial charge in [-0.15, -0.1) is 0 Å². The lowest BCUT2D eigenvalue weighted by Crippen LogP contribution is -2.41. The molecule has 0 bridgehead atoms. The van der Waals surface area contributed by atoms with Gasteiger partial charge >= 0.3 is 0 Å². The first-order valence-corrected chi connectivity index (χ1v) is 11.7. The summed E-state index contributed by atoms with van der Waals surface area (Å²) in [7, 11) is 0. The molecule has 1 atom stereocenters. The molecule has 5 rings (SSSR count). The van der Waals surface area contributed by atoms with Crippen LogP contribution in [0.2, 0.25) is 0 Å². The van der Waals surface area contributed by atoms with Crippen molar-refractivity contribution < 1.29 is 0 Å². The largest absolute Gasteiger partial charge is 0.354 e. The molecule has 2 fully saturated rings. The molecular weight excluding hydrogens is 368 g/mol. The molecule has 0 aliphatic carbocycles. The van der Waals surface area contributed by atoms with E-state index in [1.807, 2.05) is 6.20 Å². The van der Waals surface area contributed by atoms with E-state index in [1.54, 1.807) is 0 Å². The first kappa shape index (κ1) is 19.8. The fourth-order valence-corrected chi connectivity index (χ4v) is 5.51. The van der Waals surface area contributed by atoms with E-state index in [-0.39, 0.29) is 0 Å². The molecule has 0 unspecified atom stereocenters. The number of piperidine rings is 1. The maximum Gasteiger partial charge on any atom is 0.0498 e. The van der Waals surface area contributed by atoms with Crippen LogP contribution in [0.15, 0.2) is 36.5 Å². The summed E-state index contributed by atoms with van der Waals surface area (Å²) in [5, 5.41) is 5.05. The van der Waals surface area contributed by atoms with Gasteiger partial charge in [0.25, 0.3) is 0 Å². The van der Waals surface area contributed by atoms with Gasteiger partial charge in [-0.1, -0.05) is 13.0 Å². The van der Waals surface area contributed by atoms with Gasteiger partial charge in [-0.05, 0) is 100.0 Å². The Hall–Kier alpha value is -2.17. The fraction of sp³-hybridized carbons (Fsp3) is 0.500. The minimum atomic E-state index is 0.688. The molecule has 4 heteroatoms. The number of nitrogens with one attached hydrogen (secondary N) is 2. The highest BCUT2D eigenvalue weighted by molar-refractivity contribution is 5.91. The summed E-state index contributed by atoms with van der Waals surface area (Å²) in [6.45, 7) is 9.23. The van der Waals surface area contributed by atoms with E-state index >= 15 is 0 Å². The highest BCUT2D eigenvalue weighted by Crippen LogP contribution is 2.35. The number of aromatic nitrogens is 2. The number of likely N-dealkylation sites (tertiary alicyclic amines) is 1. The molecule has 2 aromatic heterocycles. The summed E-state index contributed by atoms with van der Waals surface area (Å²) in [4.78, 5) is 10.7. The van der Waals surface area contributed by atoms with Crippen LogP contribution in [0.5, 0.6) is 0 Å².